The SMILES string of the molecule is CCOC(=O)C1(NC2CC2)Cc2ccccc2C1. The maximum absolute atomic E-state index is 12.3. The second-order valence-electron chi connectivity index (χ2n) is 5.34. The van der Waals surface area contributed by atoms with Gasteiger partial charge in [-0.05, 0) is 30.9 Å². The minimum absolute atomic E-state index is 0.0897. The van der Waals surface area contributed by atoms with Gasteiger partial charge in [0.1, 0.15) is 5.54 Å². The van der Waals surface area contributed by atoms with Gasteiger partial charge in [0.25, 0.3) is 0 Å². The van der Waals surface area contributed by atoms with Crippen LogP contribution in [0.25, 0.3) is 0 Å². The molecule has 0 aromatic heterocycles. The second-order valence-corrected chi connectivity index (χ2v) is 5.34. The van der Waals surface area contributed by atoms with E-state index in [-0.39, 0.29) is 5.97 Å². The smallest absolute Gasteiger partial charge is 0.327 e. The van der Waals surface area contributed by atoms with Crippen LogP contribution in [0.3, 0.4) is 0 Å². The average molecular weight is 245 g/mol. The van der Waals surface area contributed by atoms with E-state index in [1.165, 1.54) is 24.0 Å². The van der Waals surface area contributed by atoms with Gasteiger partial charge in [-0.3, -0.25) is 10.1 Å². The van der Waals surface area contributed by atoms with Crippen LogP contribution in [0.2, 0.25) is 0 Å². The van der Waals surface area contributed by atoms with Crippen molar-refractivity contribution in [1.82, 2.24) is 5.32 Å². The molecule has 18 heavy (non-hydrogen) atoms. The molecule has 3 heteroatoms. The van der Waals surface area contributed by atoms with Gasteiger partial charge in [-0.15, -0.1) is 0 Å². The van der Waals surface area contributed by atoms with Crippen LogP contribution >= 0.6 is 0 Å². The van der Waals surface area contributed by atoms with Crippen molar-refractivity contribution in [3.05, 3.63) is 35.4 Å². The zero-order valence-corrected chi connectivity index (χ0v) is 10.7. The van der Waals surface area contributed by atoms with E-state index in [0.717, 1.165) is 12.8 Å². The number of hydrogen-bond donors (Lipinski definition) is 1. The molecule has 96 valence electrons. The summed E-state index contributed by atoms with van der Waals surface area (Å²) in [5, 5.41) is 3.52. The van der Waals surface area contributed by atoms with Crippen molar-refractivity contribution >= 4 is 5.97 Å². The van der Waals surface area contributed by atoms with E-state index >= 15 is 0 Å². The molecule has 0 spiro atoms. The van der Waals surface area contributed by atoms with Gasteiger partial charge in [-0.1, -0.05) is 24.3 Å². The molecule has 3 rings (SSSR count). The van der Waals surface area contributed by atoms with Crippen LogP contribution in [0, 0.1) is 0 Å². The van der Waals surface area contributed by atoms with Crippen LogP contribution in [-0.4, -0.2) is 24.2 Å². The normalized spacial score (nSPS) is 20.5. The van der Waals surface area contributed by atoms with Crippen molar-refractivity contribution in [2.75, 3.05) is 6.61 Å². The van der Waals surface area contributed by atoms with Gasteiger partial charge in [0.15, 0.2) is 0 Å². The Hall–Kier alpha value is -1.35. The van der Waals surface area contributed by atoms with Crippen LogP contribution in [0.5, 0.6) is 0 Å². The highest BCUT2D eigenvalue weighted by Gasteiger charge is 2.47. The van der Waals surface area contributed by atoms with E-state index in [1.54, 1.807) is 0 Å². The van der Waals surface area contributed by atoms with Crippen molar-refractivity contribution in [3.8, 4) is 0 Å². The standard InChI is InChI=1S/C15H19NO2/c1-2-18-14(17)15(16-13-7-8-13)9-11-5-3-4-6-12(11)10-15/h3-6,13,16H,2,7-10H2,1H3. The number of nitrogens with one attached hydrogen (secondary N) is 1. The molecular formula is C15H19NO2. The molecule has 0 atom stereocenters. The van der Waals surface area contributed by atoms with Crippen LogP contribution < -0.4 is 5.32 Å². The molecule has 1 aromatic carbocycles. The molecule has 1 saturated carbocycles. The first-order valence-electron chi connectivity index (χ1n) is 6.75. The molecule has 1 fully saturated rings. The molecule has 1 N–H and O–H groups in total. The molecule has 1 aromatic rings. The van der Waals surface area contributed by atoms with Crippen molar-refractivity contribution in [2.45, 2.75) is 44.2 Å². The van der Waals surface area contributed by atoms with Crippen LogP contribution in [0.1, 0.15) is 30.9 Å². The third-order valence-electron chi connectivity index (χ3n) is 3.83. The molecule has 2 aliphatic rings. The van der Waals surface area contributed by atoms with Crippen molar-refractivity contribution < 1.29 is 9.53 Å². The van der Waals surface area contributed by atoms with Crippen molar-refractivity contribution in [1.29, 1.82) is 0 Å². The molecule has 0 amide bonds. The first-order valence-corrected chi connectivity index (χ1v) is 6.75. The molecule has 0 heterocycles. The van der Waals surface area contributed by atoms with Gasteiger partial charge < -0.3 is 4.74 Å². The first-order chi connectivity index (χ1) is 8.73. The van der Waals surface area contributed by atoms with Crippen molar-refractivity contribution in [2.24, 2.45) is 0 Å². The number of fused-ring (bicyclic) bond motifs is 1. The summed E-state index contributed by atoms with van der Waals surface area (Å²) in [4.78, 5) is 12.3. The van der Waals surface area contributed by atoms with E-state index < -0.39 is 5.54 Å². The van der Waals surface area contributed by atoms with Crippen molar-refractivity contribution in [3.63, 3.8) is 0 Å². The molecule has 0 unspecified atom stereocenters. The van der Waals surface area contributed by atoms with Gasteiger partial charge in [0.2, 0.25) is 0 Å². The maximum Gasteiger partial charge on any atom is 0.327 e. The number of carbonyl (C=O) groups excluding carboxylic acids is 1. The minimum Gasteiger partial charge on any atom is -0.465 e. The predicted molar refractivity (Wildman–Crippen MR) is 69.4 cm³/mol. The Labute approximate surface area is 108 Å². The van der Waals surface area contributed by atoms with E-state index in [4.69, 9.17) is 4.74 Å². The lowest BCUT2D eigenvalue weighted by Gasteiger charge is -2.28. The fourth-order valence-corrected chi connectivity index (χ4v) is 2.81. The molecule has 2 aliphatic carbocycles. The monoisotopic (exact) mass is 245 g/mol. The van der Waals surface area contributed by atoms with Crippen LogP contribution in [-0.2, 0) is 22.4 Å². The first kappa shape index (κ1) is 11.7. The number of esters is 1. The number of hydrogen-bond acceptors (Lipinski definition) is 3. The predicted octanol–water partition coefficient (Wildman–Crippen LogP) is 1.84. The zero-order chi connectivity index (χ0) is 12.6. The minimum atomic E-state index is -0.513. The molecular weight excluding hydrogens is 226 g/mol. The highest BCUT2D eigenvalue weighted by Crippen LogP contribution is 2.34. The topological polar surface area (TPSA) is 38.3 Å². The lowest BCUT2D eigenvalue weighted by atomic mass is 9.95. The van der Waals surface area contributed by atoms with E-state index in [1.807, 2.05) is 19.1 Å². The molecule has 0 radical (unpaired) electrons. The summed E-state index contributed by atoms with van der Waals surface area (Å²) in [5.41, 5.74) is 2.04. The molecule has 0 bridgehead atoms. The quantitative estimate of drug-likeness (QED) is 0.823. The number of ether oxygens (including phenoxy) is 1. The zero-order valence-electron chi connectivity index (χ0n) is 10.7. The van der Waals surface area contributed by atoms with E-state index in [9.17, 15) is 4.79 Å². The summed E-state index contributed by atoms with van der Waals surface area (Å²) in [6.45, 7) is 2.31. The Balaban J connectivity index is 1.86. The number of rotatable bonds is 4. The van der Waals surface area contributed by atoms with Gasteiger partial charge in [0, 0.05) is 18.9 Å². The van der Waals surface area contributed by atoms with Gasteiger partial charge in [-0.25, -0.2) is 0 Å². The summed E-state index contributed by atoms with van der Waals surface area (Å²) in [6, 6.07) is 8.81. The number of benzene rings is 1. The fraction of sp³-hybridized carbons (Fsp3) is 0.533. The molecule has 3 nitrogen and oxygen atoms in total. The Kier molecular flexibility index (Phi) is 2.86. The van der Waals surface area contributed by atoms with Gasteiger partial charge in [0.05, 0.1) is 6.61 Å². The van der Waals surface area contributed by atoms with Crippen LogP contribution in [0.4, 0.5) is 0 Å². The molecule has 0 aliphatic heterocycles. The van der Waals surface area contributed by atoms with Gasteiger partial charge >= 0.3 is 5.97 Å². The fourth-order valence-electron chi connectivity index (χ4n) is 2.81. The summed E-state index contributed by atoms with van der Waals surface area (Å²) >= 11 is 0. The highest BCUT2D eigenvalue weighted by atomic mass is 16.5. The Morgan fingerprint density at radius 1 is 1.33 bits per heavy atom. The van der Waals surface area contributed by atoms with E-state index in [2.05, 4.69) is 17.4 Å². The Morgan fingerprint density at radius 3 is 2.44 bits per heavy atom. The third-order valence-corrected chi connectivity index (χ3v) is 3.83. The lowest BCUT2D eigenvalue weighted by Crippen LogP contribution is -2.54. The van der Waals surface area contributed by atoms with E-state index in [0.29, 0.717) is 12.6 Å². The lowest BCUT2D eigenvalue weighted by molar-refractivity contribution is -0.151. The maximum atomic E-state index is 12.3. The van der Waals surface area contributed by atoms with Gasteiger partial charge in [-0.2, -0.15) is 0 Å². The summed E-state index contributed by atoms with van der Waals surface area (Å²) in [6.07, 6.45) is 3.88. The third kappa shape index (κ3) is 2.03. The summed E-state index contributed by atoms with van der Waals surface area (Å²) in [7, 11) is 0. The Bertz CT molecular complexity index is 440. The van der Waals surface area contributed by atoms with Crippen LogP contribution in [0.15, 0.2) is 24.3 Å². The Morgan fingerprint density at radius 2 is 1.94 bits per heavy atom. The second kappa shape index (κ2) is 4.39. The number of carbonyl (C=O) groups is 1. The summed E-state index contributed by atoms with van der Waals surface area (Å²) in [5.74, 6) is -0.0897. The highest BCUT2D eigenvalue weighted by molar-refractivity contribution is 5.83. The average Bonchev–Trinajstić information content (AvgIpc) is 3.08. The largest absolute Gasteiger partial charge is 0.465 e. The molecule has 0 saturated heterocycles. The summed E-state index contributed by atoms with van der Waals surface area (Å²) < 4.78 is 5.29.